The summed E-state index contributed by atoms with van der Waals surface area (Å²) in [7, 11) is 0. The Kier molecular flexibility index (Phi) is 3.78. The number of hydrogen-bond acceptors (Lipinski definition) is 3. The number of benzene rings is 1. The molecule has 0 amide bonds. The van der Waals surface area contributed by atoms with Crippen LogP contribution in [0.15, 0.2) is 23.3 Å². The Morgan fingerprint density at radius 1 is 1.62 bits per heavy atom. The Hall–Kier alpha value is -2.64. The smallest absolute Gasteiger partial charge is 0.337 e. The maximum Gasteiger partial charge on any atom is 0.337 e. The van der Waals surface area contributed by atoms with E-state index in [1.165, 1.54) is 12.1 Å². The van der Waals surface area contributed by atoms with Gasteiger partial charge in [0.05, 0.1) is 12.1 Å². The first-order valence-electron chi connectivity index (χ1n) is 4.27. The number of carbonyl (C=O) groups is 1. The van der Waals surface area contributed by atoms with Crippen LogP contribution in [0.25, 0.3) is 10.4 Å². The van der Waals surface area contributed by atoms with Gasteiger partial charge in [0, 0.05) is 16.2 Å². The van der Waals surface area contributed by atoms with E-state index in [0.717, 1.165) is 0 Å². The minimum absolute atomic E-state index is 0.00980. The van der Waals surface area contributed by atoms with Gasteiger partial charge in [-0.25, -0.2) is 4.79 Å². The molecule has 0 fully saturated rings. The third kappa shape index (κ3) is 2.94. The molecule has 0 spiro atoms. The third-order valence-electron chi connectivity index (χ3n) is 1.73. The average molecular weight is 216 g/mol. The number of nitrogens with two attached hydrogens (primary N) is 1. The van der Waals surface area contributed by atoms with Crippen molar-refractivity contribution in [2.45, 2.75) is 0 Å². The molecule has 0 bridgehead atoms. The number of nitrogens with zero attached hydrogens (tertiary/aromatic N) is 3. The molecule has 80 valence electrons. The molecule has 3 N–H and O–H groups in total. The fraction of sp³-hybridized carbons (Fsp3) is 0.100. The summed E-state index contributed by atoms with van der Waals surface area (Å²) in [6.45, 7) is 0.0449. The lowest BCUT2D eigenvalue weighted by Crippen LogP contribution is -2.02. The van der Waals surface area contributed by atoms with Crippen LogP contribution in [0.1, 0.15) is 15.9 Å². The van der Waals surface area contributed by atoms with Gasteiger partial charge in [-0.1, -0.05) is 17.0 Å². The lowest BCUT2D eigenvalue weighted by molar-refractivity contribution is 0.0698. The van der Waals surface area contributed by atoms with Crippen LogP contribution in [0.5, 0.6) is 0 Å². The maximum atomic E-state index is 10.8. The Balaban J connectivity index is 2.97. The quantitative estimate of drug-likeness (QED) is 0.257. The second-order valence-electron chi connectivity index (χ2n) is 2.80. The molecule has 0 saturated carbocycles. The first-order chi connectivity index (χ1) is 7.65. The first kappa shape index (κ1) is 11.4. The van der Waals surface area contributed by atoms with Crippen molar-refractivity contribution >= 4 is 11.7 Å². The molecule has 1 aromatic rings. The fourth-order valence-electron chi connectivity index (χ4n) is 1.03. The molecule has 1 aromatic carbocycles. The second-order valence-corrected chi connectivity index (χ2v) is 2.80. The summed E-state index contributed by atoms with van der Waals surface area (Å²) in [5.74, 6) is 4.15. The van der Waals surface area contributed by atoms with Crippen molar-refractivity contribution in [2.75, 3.05) is 12.3 Å². The van der Waals surface area contributed by atoms with Gasteiger partial charge in [0.25, 0.3) is 0 Å². The average Bonchev–Trinajstić information content (AvgIpc) is 2.26. The van der Waals surface area contributed by atoms with Crippen LogP contribution in [0.4, 0.5) is 5.69 Å². The molecule has 1 rings (SSSR count). The predicted octanol–water partition coefficient (Wildman–Crippen LogP) is 1.63. The summed E-state index contributed by atoms with van der Waals surface area (Å²) < 4.78 is 0. The zero-order valence-electron chi connectivity index (χ0n) is 8.21. The summed E-state index contributed by atoms with van der Waals surface area (Å²) in [5, 5.41) is 12.0. The molecular formula is C10H8N4O2. The van der Waals surface area contributed by atoms with Crippen molar-refractivity contribution in [2.24, 2.45) is 5.11 Å². The summed E-state index contributed by atoms with van der Waals surface area (Å²) in [6.07, 6.45) is 0. The van der Waals surface area contributed by atoms with Gasteiger partial charge in [0.2, 0.25) is 0 Å². The molecule has 16 heavy (non-hydrogen) atoms. The van der Waals surface area contributed by atoms with E-state index in [-0.39, 0.29) is 17.8 Å². The van der Waals surface area contributed by atoms with Gasteiger partial charge in [0.15, 0.2) is 0 Å². The van der Waals surface area contributed by atoms with Crippen molar-refractivity contribution < 1.29 is 9.90 Å². The predicted molar refractivity (Wildman–Crippen MR) is 58.7 cm³/mol. The van der Waals surface area contributed by atoms with Crippen LogP contribution in [0, 0.1) is 11.8 Å². The highest BCUT2D eigenvalue weighted by molar-refractivity contribution is 5.94. The summed E-state index contributed by atoms with van der Waals surface area (Å²) in [6, 6.07) is 4.45. The van der Waals surface area contributed by atoms with Gasteiger partial charge in [-0.3, -0.25) is 0 Å². The van der Waals surface area contributed by atoms with Gasteiger partial charge in [-0.2, -0.15) is 0 Å². The number of aromatic carboxylic acids is 1. The lowest BCUT2D eigenvalue weighted by atomic mass is 10.1. The minimum atomic E-state index is -1.10. The van der Waals surface area contributed by atoms with Crippen LogP contribution in [-0.4, -0.2) is 17.6 Å². The Labute approximate surface area is 91.3 Å². The molecule has 0 unspecified atom stereocenters. The number of rotatable bonds is 2. The number of carboxylic acids is 1. The molecular weight excluding hydrogens is 208 g/mol. The largest absolute Gasteiger partial charge is 0.478 e. The van der Waals surface area contributed by atoms with Gasteiger partial charge in [-0.15, -0.1) is 0 Å². The molecule has 0 aromatic heterocycles. The van der Waals surface area contributed by atoms with Crippen LogP contribution >= 0.6 is 0 Å². The lowest BCUT2D eigenvalue weighted by Gasteiger charge is -2.00. The van der Waals surface area contributed by atoms with Crippen molar-refractivity contribution in [3.05, 3.63) is 39.8 Å². The molecule has 0 heterocycles. The van der Waals surface area contributed by atoms with Gasteiger partial charge in [0.1, 0.15) is 0 Å². The zero-order chi connectivity index (χ0) is 12.0. The third-order valence-corrected chi connectivity index (χ3v) is 1.73. The number of nitrogen functional groups attached to an aromatic ring is 1. The van der Waals surface area contributed by atoms with E-state index < -0.39 is 5.97 Å². The monoisotopic (exact) mass is 216 g/mol. The topological polar surface area (TPSA) is 112 Å². The van der Waals surface area contributed by atoms with Crippen molar-refractivity contribution in [1.29, 1.82) is 0 Å². The van der Waals surface area contributed by atoms with Gasteiger partial charge in [-0.05, 0) is 23.7 Å². The number of carboxylic acid groups (broad SMARTS) is 1. The molecule has 6 nitrogen and oxygen atoms in total. The van der Waals surface area contributed by atoms with E-state index >= 15 is 0 Å². The number of hydrogen-bond donors (Lipinski definition) is 2. The van der Waals surface area contributed by atoms with Gasteiger partial charge < -0.3 is 10.8 Å². The normalized spacial score (nSPS) is 8.50. The van der Waals surface area contributed by atoms with Crippen LogP contribution < -0.4 is 5.73 Å². The number of azide groups is 1. The number of anilines is 1. The standard InChI is InChI=1S/C10H8N4O2/c11-9-4-3-7(2-1-5-13-14-12)6-8(9)10(15)16/h3-4,6H,5,11H2,(H,15,16). The Morgan fingerprint density at radius 3 is 3.00 bits per heavy atom. The van der Waals surface area contributed by atoms with Crippen LogP contribution in [-0.2, 0) is 0 Å². The van der Waals surface area contributed by atoms with Crippen LogP contribution in [0.3, 0.4) is 0 Å². The highest BCUT2D eigenvalue weighted by Gasteiger charge is 2.07. The zero-order valence-corrected chi connectivity index (χ0v) is 8.21. The van der Waals surface area contributed by atoms with Crippen molar-refractivity contribution in [3.63, 3.8) is 0 Å². The minimum Gasteiger partial charge on any atom is -0.478 e. The van der Waals surface area contributed by atoms with Crippen molar-refractivity contribution in [1.82, 2.24) is 0 Å². The fourth-order valence-corrected chi connectivity index (χ4v) is 1.03. The van der Waals surface area contributed by atoms with E-state index in [2.05, 4.69) is 21.9 Å². The summed E-state index contributed by atoms with van der Waals surface area (Å²) >= 11 is 0. The molecule has 0 aliphatic carbocycles. The Morgan fingerprint density at radius 2 is 2.38 bits per heavy atom. The molecule has 0 aliphatic heterocycles. The van der Waals surface area contributed by atoms with E-state index in [1.54, 1.807) is 6.07 Å². The summed E-state index contributed by atoms with van der Waals surface area (Å²) in [5.41, 5.74) is 14.2. The highest BCUT2D eigenvalue weighted by atomic mass is 16.4. The highest BCUT2D eigenvalue weighted by Crippen LogP contribution is 2.13. The summed E-state index contributed by atoms with van der Waals surface area (Å²) in [4.78, 5) is 13.3. The van der Waals surface area contributed by atoms with E-state index in [9.17, 15) is 4.79 Å². The molecule has 0 saturated heterocycles. The van der Waals surface area contributed by atoms with Crippen molar-refractivity contribution in [3.8, 4) is 11.8 Å². The van der Waals surface area contributed by atoms with E-state index in [4.69, 9.17) is 16.4 Å². The van der Waals surface area contributed by atoms with E-state index in [0.29, 0.717) is 5.56 Å². The SMILES string of the molecule is [N-]=[N+]=NCC#Cc1ccc(N)c(C(=O)O)c1. The van der Waals surface area contributed by atoms with Crippen LogP contribution in [0.2, 0.25) is 0 Å². The molecule has 0 atom stereocenters. The van der Waals surface area contributed by atoms with Gasteiger partial charge >= 0.3 is 5.97 Å². The Bertz CT molecular complexity index is 521. The molecule has 0 radical (unpaired) electrons. The first-order valence-corrected chi connectivity index (χ1v) is 4.27. The molecule has 6 heteroatoms. The van der Waals surface area contributed by atoms with E-state index in [1.807, 2.05) is 0 Å². The second kappa shape index (κ2) is 5.29. The maximum absolute atomic E-state index is 10.8. The molecule has 0 aliphatic rings.